The molecule has 0 aliphatic rings. The van der Waals surface area contributed by atoms with Crippen LogP contribution in [0.25, 0.3) is 5.69 Å². The van der Waals surface area contributed by atoms with Crippen molar-refractivity contribution in [3.05, 3.63) is 71.5 Å². The lowest BCUT2D eigenvalue weighted by molar-refractivity contribution is 0.102. The Morgan fingerprint density at radius 2 is 2.08 bits per heavy atom. The first-order chi connectivity index (χ1) is 12.1. The second kappa shape index (κ2) is 7.19. The average molecular weight is 337 g/mol. The minimum absolute atomic E-state index is 0.169. The number of para-hydroxylation sites is 1. The van der Waals surface area contributed by atoms with E-state index in [0.717, 1.165) is 11.3 Å². The van der Waals surface area contributed by atoms with Crippen LogP contribution in [0.3, 0.4) is 0 Å². The van der Waals surface area contributed by atoms with Crippen LogP contribution in [0.15, 0.2) is 54.9 Å². The van der Waals surface area contributed by atoms with Gasteiger partial charge in [0.2, 0.25) is 0 Å². The van der Waals surface area contributed by atoms with E-state index in [1.54, 1.807) is 29.1 Å². The molecule has 0 radical (unpaired) electrons. The molecule has 0 spiro atoms. The summed E-state index contributed by atoms with van der Waals surface area (Å²) in [5, 5.41) is 16.4. The first-order valence-electron chi connectivity index (χ1n) is 7.82. The Bertz CT molecular complexity index is 902. The molecule has 0 fully saturated rings. The van der Waals surface area contributed by atoms with Crippen LogP contribution in [0, 0.1) is 6.92 Å². The summed E-state index contributed by atoms with van der Waals surface area (Å²) in [6.45, 7) is 1.82. The Hall–Kier alpha value is -3.12. The fourth-order valence-electron chi connectivity index (χ4n) is 2.58. The van der Waals surface area contributed by atoms with Gasteiger partial charge in [-0.05, 0) is 36.8 Å². The summed E-state index contributed by atoms with van der Waals surface area (Å²) in [7, 11) is 1.53. The predicted octanol–water partition coefficient (Wildman–Crippen LogP) is 2.93. The highest BCUT2D eigenvalue weighted by molar-refractivity contribution is 6.04. The van der Waals surface area contributed by atoms with Gasteiger partial charge in [-0.15, -0.1) is 0 Å². The Balaban J connectivity index is 1.80. The number of aliphatic hydroxyl groups excluding tert-OH is 1. The largest absolute Gasteiger partial charge is 0.496 e. The molecule has 1 aromatic heterocycles. The number of carbonyl (C=O) groups excluding carboxylic acids is 1. The maximum atomic E-state index is 12.4. The molecule has 0 aliphatic carbocycles. The molecule has 1 amide bonds. The third-order valence-corrected chi connectivity index (χ3v) is 3.92. The third-order valence-electron chi connectivity index (χ3n) is 3.92. The number of rotatable bonds is 5. The lowest BCUT2D eigenvalue weighted by Gasteiger charge is -2.09. The van der Waals surface area contributed by atoms with E-state index in [4.69, 9.17) is 4.74 Å². The number of carbonyl (C=O) groups is 1. The fourth-order valence-corrected chi connectivity index (χ4v) is 2.58. The van der Waals surface area contributed by atoms with E-state index >= 15 is 0 Å². The number of methoxy groups -OCH3 is 1. The number of nitrogens with zero attached hydrogens (tertiary/aromatic N) is 2. The van der Waals surface area contributed by atoms with E-state index in [1.807, 2.05) is 31.2 Å². The Labute approximate surface area is 145 Å². The molecule has 3 rings (SSSR count). The number of nitrogens with one attached hydrogen (secondary N) is 1. The molecule has 128 valence electrons. The van der Waals surface area contributed by atoms with E-state index in [-0.39, 0.29) is 12.5 Å². The molecule has 0 saturated carbocycles. The Morgan fingerprint density at radius 1 is 1.28 bits per heavy atom. The maximum absolute atomic E-state index is 12.4. The van der Waals surface area contributed by atoms with Crippen LogP contribution >= 0.6 is 0 Å². The monoisotopic (exact) mass is 337 g/mol. The molecule has 0 aliphatic heterocycles. The molecule has 25 heavy (non-hydrogen) atoms. The molecular weight excluding hydrogens is 318 g/mol. The topological polar surface area (TPSA) is 76.4 Å². The van der Waals surface area contributed by atoms with Gasteiger partial charge in [0.25, 0.3) is 5.91 Å². The highest BCUT2D eigenvalue weighted by Gasteiger charge is 2.12. The van der Waals surface area contributed by atoms with Gasteiger partial charge in [0.15, 0.2) is 0 Å². The minimum atomic E-state index is -0.270. The first kappa shape index (κ1) is 16.7. The van der Waals surface area contributed by atoms with Crippen LogP contribution in [0.4, 0.5) is 5.69 Å². The van der Waals surface area contributed by atoms with Crippen molar-refractivity contribution in [3.63, 3.8) is 0 Å². The number of hydrogen-bond donors (Lipinski definition) is 2. The van der Waals surface area contributed by atoms with Crippen LogP contribution in [-0.4, -0.2) is 27.9 Å². The number of aromatic nitrogens is 2. The van der Waals surface area contributed by atoms with Gasteiger partial charge in [0.05, 0.1) is 31.2 Å². The number of aryl methyl sites for hydroxylation is 1. The van der Waals surface area contributed by atoms with E-state index in [2.05, 4.69) is 10.4 Å². The number of anilines is 1. The molecule has 0 saturated heterocycles. The van der Waals surface area contributed by atoms with Gasteiger partial charge in [-0.25, -0.2) is 4.68 Å². The van der Waals surface area contributed by atoms with E-state index < -0.39 is 0 Å². The van der Waals surface area contributed by atoms with E-state index in [9.17, 15) is 9.90 Å². The number of amides is 1. The quantitative estimate of drug-likeness (QED) is 0.750. The molecule has 1 heterocycles. The van der Waals surface area contributed by atoms with Gasteiger partial charge in [-0.2, -0.15) is 5.10 Å². The van der Waals surface area contributed by atoms with Crippen LogP contribution in [0.1, 0.15) is 21.5 Å². The summed E-state index contributed by atoms with van der Waals surface area (Å²) in [6.07, 6.45) is 3.21. The van der Waals surface area contributed by atoms with Gasteiger partial charge in [-0.3, -0.25) is 4.79 Å². The van der Waals surface area contributed by atoms with Gasteiger partial charge < -0.3 is 15.2 Å². The highest BCUT2D eigenvalue weighted by atomic mass is 16.5. The lowest BCUT2D eigenvalue weighted by atomic mass is 10.2. The number of benzene rings is 2. The Morgan fingerprint density at radius 3 is 2.80 bits per heavy atom. The third kappa shape index (κ3) is 3.54. The molecule has 0 bridgehead atoms. The van der Waals surface area contributed by atoms with Gasteiger partial charge in [0, 0.05) is 17.4 Å². The summed E-state index contributed by atoms with van der Waals surface area (Å²) in [6, 6.07) is 12.9. The summed E-state index contributed by atoms with van der Waals surface area (Å²) < 4.78 is 6.84. The zero-order valence-corrected chi connectivity index (χ0v) is 14.1. The van der Waals surface area contributed by atoms with Crippen molar-refractivity contribution in [2.45, 2.75) is 13.5 Å². The highest BCUT2D eigenvalue weighted by Crippen LogP contribution is 2.23. The molecule has 2 N–H and O–H groups in total. The van der Waals surface area contributed by atoms with Crippen molar-refractivity contribution in [1.82, 2.24) is 9.78 Å². The van der Waals surface area contributed by atoms with Gasteiger partial charge >= 0.3 is 0 Å². The normalized spacial score (nSPS) is 10.5. The molecule has 2 aromatic carbocycles. The van der Waals surface area contributed by atoms with Crippen molar-refractivity contribution in [2.24, 2.45) is 0 Å². The summed E-state index contributed by atoms with van der Waals surface area (Å²) in [4.78, 5) is 12.4. The smallest absolute Gasteiger partial charge is 0.258 e. The van der Waals surface area contributed by atoms with Crippen LogP contribution in [-0.2, 0) is 6.61 Å². The van der Waals surface area contributed by atoms with E-state index in [1.165, 1.54) is 13.3 Å². The average Bonchev–Trinajstić information content (AvgIpc) is 3.12. The van der Waals surface area contributed by atoms with Crippen molar-refractivity contribution >= 4 is 11.6 Å². The Kier molecular flexibility index (Phi) is 4.81. The number of hydrogen-bond acceptors (Lipinski definition) is 4. The molecule has 6 nitrogen and oxygen atoms in total. The van der Waals surface area contributed by atoms with Gasteiger partial charge in [-0.1, -0.05) is 18.2 Å². The molecule has 3 aromatic rings. The molecule has 6 heteroatoms. The zero-order valence-electron chi connectivity index (χ0n) is 14.1. The molecule has 0 atom stereocenters. The van der Waals surface area contributed by atoms with Crippen LogP contribution in [0.2, 0.25) is 0 Å². The predicted molar refractivity (Wildman–Crippen MR) is 95.2 cm³/mol. The van der Waals surface area contributed by atoms with Crippen molar-refractivity contribution < 1.29 is 14.6 Å². The minimum Gasteiger partial charge on any atom is -0.496 e. The zero-order chi connectivity index (χ0) is 17.8. The number of ether oxygens (including phenoxy) is 1. The van der Waals surface area contributed by atoms with Crippen LogP contribution < -0.4 is 10.1 Å². The second-order valence-electron chi connectivity index (χ2n) is 5.60. The summed E-state index contributed by atoms with van der Waals surface area (Å²) in [5.41, 5.74) is 3.63. The number of aliphatic hydroxyl groups is 1. The van der Waals surface area contributed by atoms with Crippen LogP contribution in [0.5, 0.6) is 5.75 Å². The fraction of sp³-hybridized carbons (Fsp3) is 0.158. The standard InChI is InChI=1S/C19H19N3O3/c1-13-5-3-4-6-17(13)22-11-15(10-20-22)19(24)21-16-7-8-18(25-2)14(9-16)12-23/h3-11,23H,12H2,1-2H3,(H,21,24). The summed E-state index contributed by atoms with van der Waals surface area (Å²) in [5.74, 6) is 0.307. The second-order valence-corrected chi connectivity index (χ2v) is 5.60. The maximum Gasteiger partial charge on any atom is 0.258 e. The molecule has 0 unspecified atom stereocenters. The van der Waals surface area contributed by atoms with Gasteiger partial charge in [0.1, 0.15) is 5.75 Å². The first-order valence-corrected chi connectivity index (χ1v) is 7.82. The lowest BCUT2D eigenvalue weighted by Crippen LogP contribution is -2.11. The van der Waals surface area contributed by atoms with Crippen molar-refractivity contribution in [1.29, 1.82) is 0 Å². The SMILES string of the molecule is COc1ccc(NC(=O)c2cnn(-c3ccccc3C)c2)cc1CO. The van der Waals surface area contributed by atoms with Crippen molar-refractivity contribution in [3.8, 4) is 11.4 Å². The van der Waals surface area contributed by atoms with E-state index in [0.29, 0.717) is 22.6 Å². The molecular formula is C19H19N3O3. The summed E-state index contributed by atoms with van der Waals surface area (Å²) >= 11 is 0. The van der Waals surface area contributed by atoms with Crippen molar-refractivity contribution in [2.75, 3.05) is 12.4 Å².